The average Bonchev–Trinajstić information content (AvgIpc) is 3.26. The maximum absolute atomic E-state index is 13.6. The lowest BCUT2D eigenvalue weighted by atomic mass is 9.87. The van der Waals surface area contributed by atoms with Gasteiger partial charge in [0.05, 0.1) is 5.69 Å². The molecule has 2 N–H and O–H groups in total. The van der Waals surface area contributed by atoms with Crippen LogP contribution in [0.25, 0.3) is 10.9 Å². The molecule has 1 aromatic heterocycles. The van der Waals surface area contributed by atoms with Gasteiger partial charge < -0.3 is 15.2 Å². The fraction of sp³-hybridized carbons (Fsp3) is 0.292. The zero-order valence-corrected chi connectivity index (χ0v) is 18.6. The second-order valence-corrected chi connectivity index (χ2v) is 8.92. The van der Waals surface area contributed by atoms with Crippen LogP contribution in [0.5, 0.6) is 0 Å². The summed E-state index contributed by atoms with van der Waals surface area (Å²) in [5, 5.41) is 4.45. The lowest BCUT2D eigenvalue weighted by Crippen LogP contribution is -2.49. The fourth-order valence-electron chi connectivity index (χ4n) is 4.86. The van der Waals surface area contributed by atoms with E-state index in [-0.39, 0.29) is 12.5 Å². The summed E-state index contributed by atoms with van der Waals surface area (Å²) in [4.78, 5) is 45.8. The summed E-state index contributed by atoms with van der Waals surface area (Å²) in [6.07, 6.45) is 0.650. The lowest BCUT2D eigenvalue weighted by molar-refractivity contribution is -0.139. The molecule has 0 bridgehead atoms. The number of H-pyrrole nitrogens is 1. The van der Waals surface area contributed by atoms with Crippen LogP contribution in [-0.2, 0) is 28.1 Å². The summed E-state index contributed by atoms with van der Waals surface area (Å²) < 4.78 is 0. The van der Waals surface area contributed by atoms with Gasteiger partial charge in [0, 0.05) is 29.0 Å². The number of carbonyl (C=O) groups excluding carboxylic acids is 3. The van der Waals surface area contributed by atoms with E-state index in [2.05, 4.69) is 10.3 Å². The van der Waals surface area contributed by atoms with Gasteiger partial charge in [-0.3, -0.25) is 9.59 Å². The van der Waals surface area contributed by atoms with Crippen molar-refractivity contribution in [2.24, 2.45) is 0 Å². The van der Waals surface area contributed by atoms with Crippen molar-refractivity contribution in [3.05, 3.63) is 70.4 Å². The molecule has 2 atom stereocenters. The summed E-state index contributed by atoms with van der Waals surface area (Å²) >= 11 is 6.00. The van der Waals surface area contributed by atoms with Crippen LogP contribution in [0.3, 0.4) is 0 Å². The van der Waals surface area contributed by atoms with Crippen molar-refractivity contribution in [2.45, 2.75) is 38.4 Å². The minimum atomic E-state index is -1.16. The SMILES string of the molecule is CC(C(=O)NCc1cccc(Cl)c1)N1C(=O)N2CCc3c([nH]c4ccccc34)C2(C)C1=O. The van der Waals surface area contributed by atoms with Gasteiger partial charge in [-0.2, -0.15) is 0 Å². The molecule has 1 saturated heterocycles. The van der Waals surface area contributed by atoms with Crippen molar-refractivity contribution in [1.82, 2.24) is 20.1 Å². The third-order valence-corrected chi connectivity index (χ3v) is 6.86. The molecule has 0 spiro atoms. The fourth-order valence-corrected chi connectivity index (χ4v) is 5.07. The summed E-state index contributed by atoms with van der Waals surface area (Å²) in [6, 6.07) is 13.7. The molecular weight excluding hydrogens is 428 g/mol. The molecule has 2 aliphatic heterocycles. The van der Waals surface area contributed by atoms with Gasteiger partial charge in [0.2, 0.25) is 5.91 Å². The normalized spacial score (nSPS) is 21.0. The Labute approximate surface area is 190 Å². The summed E-state index contributed by atoms with van der Waals surface area (Å²) in [6.45, 7) is 4.02. The van der Waals surface area contributed by atoms with Gasteiger partial charge in [0.15, 0.2) is 5.54 Å². The van der Waals surface area contributed by atoms with E-state index in [1.807, 2.05) is 30.3 Å². The van der Waals surface area contributed by atoms with Gasteiger partial charge in [-0.25, -0.2) is 9.69 Å². The van der Waals surface area contributed by atoms with Gasteiger partial charge in [-0.15, -0.1) is 0 Å². The molecule has 3 aromatic rings. The number of carbonyl (C=O) groups is 3. The highest BCUT2D eigenvalue weighted by atomic mass is 35.5. The van der Waals surface area contributed by atoms with E-state index in [0.717, 1.165) is 32.6 Å². The maximum atomic E-state index is 13.6. The van der Waals surface area contributed by atoms with Crippen LogP contribution in [0.15, 0.2) is 48.5 Å². The van der Waals surface area contributed by atoms with Crippen molar-refractivity contribution >= 4 is 40.3 Å². The van der Waals surface area contributed by atoms with Crippen molar-refractivity contribution in [3.8, 4) is 0 Å². The monoisotopic (exact) mass is 450 g/mol. The largest absolute Gasteiger partial charge is 0.356 e. The second kappa shape index (κ2) is 7.38. The van der Waals surface area contributed by atoms with E-state index in [0.29, 0.717) is 18.0 Å². The van der Waals surface area contributed by atoms with E-state index in [4.69, 9.17) is 11.6 Å². The predicted molar refractivity (Wildman–Crippen MR) is 121 cm³/mol. The molecule has 0 saturated carbocycles. The van der Waals surface area contributed by atoms with Gasteiger partial charge in [-0.1, -0.05) is 41.9 Å². The number of nitrogens with zero attached hydrogens (tertiary/aromatic N) is 2. The molecule has 0 radical (unpaired) electrons. The number of hydrogen-bond acceptors (Lipinski definition) is 3. The molecule has 2 aromatic carbocycles. The Bertz CT molecular complexity index is 1270. The van der Waals surface area contributed by atoms with E-state index >= 15 is 0 Å². The Morgan fingerprint density at radius 3 is 2.78 bits per heavy atom. The van der Waals surface area contributed by atoms with Crippen molar-refractivity contribution in [1.29, 1.82) is 0 Å². The van der Waals surface area contributed by atoms with Crippen LogP contribution < -0.4 is 5.32 Å². The maximum Gasteiger partial charge on any atom is 0.328 e. The molecule has 8 heteroatoms. The van der Waals surface area contributed by atoms with E-state index in [1.165, 1.54) is 0 Å². The lowest BCUT2D eigenvalue weighted by Gasteiger charge is -2.36. The standard InChI is InChI=1S/C24H23ClN4O3/c1-14(21(30)26-13-15-6-5-7-16(25)12-15)29-22(31)24(2)20-18(10-11-28(24)23(29)32)17-8-3-4-9-19(17)27-20/h3-9,12,14,27H,10-11,13H2,1-2H3,(H,26,30). The molecule has 1 fully saturated rings. The second-order valence-electron chi connectivity index (χ2n) is 8.48. The number of aromatic amines is 1. The third kappa shape index (κ3) is 2.92. The van der Waals surface area contributed by atoms with Gasteiger partial charge in [0.25, 0.3) is 5.91 Å². The van der Waals surface area contributed by atoms with E-state index in [9.17, 15) is 14.4 Å². The molecule has 32 heavy (non-hydrogen) atoms. The molecular formula is C24H23ClN4O3. The highest BCUT2D eigenvalue weighted by Crippen LogP contribution is 2.44. The molecule has 3 heterocycles. The van der Waals surface area contributed by atoms with Crippen LogP contribution in [0, 0.1) is 0 Å². The first kappa shape index (κ1) is 20.6. The number of para-hydroxylation sites is 1. The predicted octanol–water partition coefficient (Wildman–Crippen LogP) is 3.56. The summed E-state index contributed by atoms with van der Waals surface area (Å²) in [5.41, 5.74) is 2.40. The third-order valence-electron chi connectivity index (χ3n) is 6.62. The van der Waals surface area contributed by atoms with Crippen LogP contribution in [0.4, 0.5) is 4.79 Å². The number of amides is 4. The average molecular weight is 451 g/mol. The Morgan fingerprint density at radius 1 is 1.22 bits per heavy atom. The van der Waals surface area contributed by atoms with Gasteiger partial charge in [-0.05, 0) is 49.6 Å². The van der Waals surface area contributed by atoms with Crippen LogP contribution >= 0.6 is 11.6 Å². The first-order valence-corrected chi connectivity index (χ1v) is 11.0. The molecule has 164 valence electrons. The van der Waals surface area contributed by atoms with Crippen LogP contribution in [-0.4, -0.2) is 45.2 Å². The van der Waals surface area contributed by atoms with Crippen molar-refractivity contribution in [2.75, 3.05) is 6.54 Å². The first-order valence-electron chi connectivity index (χ1n) is 10.6. The first-order chi connectivity index (χ1) is 15.3. The number of hydrogen-bond donors (Lipinski definition) is 2. The smallest absolute Gasteiger partial charge is 0.328 e. The van der Waals surface area contributed by atoms with Gasteiger partial charge >= 0.3 is 6.03 Å². The molecule has 0 aliphatic carbocycles. The van der Waals surface area contributed by atoms with Gasteiger partial charge in [0.1, 0.15) is 6.04 Å². The summed E-state index contributed by atoms with van der Waals surface area (Å²) in [7, 11) is 0. The number of benzene rings is 2. The Hall–Kier alpha value is -3.32. The number of nitrogens with one attached hydrogen (secondary N) is 2. The minimum absolute atomic E-state index is 0.257. The number of fused-ring (bicyclic) bond motifs is 5. The molecule has 4 amide bonds. The van der Waals surface area contributed by atoms with E-state index < -0.39 is 23.5 Å². The Morgan fingerprint density at radius 2 is 2.00 bits per heavy atom. The number of imide groups is 1. The Balaban J connectivity index is 1.42. The topological polar surface area (TPSA) is 85.5 Å². The van der Waals surface area contributed by atoms with Crippen LogP contribution in [0.1, 0.15) is 30.7 Å². The molecule has 5 rings (SSSR count). The highest BCUT2D eigenvalue weighted by Gasteiger charge is 2.60. The minimum Gasteiger partial charge on any atom is -0.356 e. The number of halogens is 1. The number of urea groups is 1. The quantitative estimate of drug-likeness (QED) is 0.596. The molecule has 7 nitrogen and oxygen atoms in total. The van der Waals surface area contributed by atoms with E-state index in [1.54, 1.807) is 36.9 Å². The Kier molecular flexibility index (Phi) is 4.74. The summed E-state index contributed by atoms with van der Waals surface area (Å²) in [5.74, 6) is -0.785. The zero-order valence-electron chi connectivity index (χ0n) is 17.8. The van der Waals surface area contributed by atoms with Crippen molar-refractivity contribution in [3.63, 3.8) is 0 Å². The molecule has 2 unspecified atom stereocenters. The number of aromatic nitrogens is 1. The highest BCUT2D eigenvalue weighted by molar-refractivity contribution is 6.30. The zero-order chi connectivity index (χ0) is 22.6. The number of rotatable bonds is 4. The molecule has 2 aliphatic rings. The van der Waals surface area contributed by atoms with Crippen molar-refractivity contribution < 1.29 is 14.4 Å². The van der Waals surface area contributed by atoms with Crippen LogP contribution in [0.2, 0.25) is 5.02 Å².